The van der Waals surface area contributed by atoms with Crippen LogP contribution in [0.25, 0.3) is 0 Å². The van der Waals surface area contributed by atoms with Gasteiger partial charge in [-0.05, 0) is 104 Å². The molecule has 8 aliphatic heterocycles. The Morgan fingerprint density at radius 1 is 0.349 bits per heavy atom. The molecule has 36 heteroatoms. The minimum Gasteiger partial charge on any atom is -0.394 e. The first-order valence-electron chi connectivity index (χ1n) is 37.6. The monoisotopic (exact) mass is 1530 g/mol. The fraction of sp³-hybridized carbons (Fsp3) is 1.00. The van der Waals surface area contributed by atoms with Crippen LogP contribution in [0.2, 0.25) is 0 Å². The first-order valence-corrected chi connectivity index (χ1v) is 37.6. The highest BCUT2D eigenvalue weighted by Crippen LogP contribution is 2.81. The van der Waals surface area contributed by atoms with Gasteiger partial charge in [0.1, 0.15) is 159 Å². The molecule has 36 nitrogen and oxygen atoms in total. The van der Waals surface area contributed by atoms with Crippen LogP contribution < -0.4 is 0 Å². The van der Waals surface area contributed by atoms with Crippen LogP contribution in [0.15, 0.2) is 0 Å². The zero-order chi connectivity index (χ0) is 76.8. The van der Waals surface area contributed by atoms with Gasteiger partial charge < -0.3 is 178 Å². The van der Waals surface area contributed by atoms with Gasteiger partial charge in [-0.1, -0.05) is 48.5 Å². The number of aliphatic hydroxyl groups is 21. The average Bonchev–Trinajstić information content (AvgIpc) is 1.34. The maximum Gasteiger partial charge on any atom is 0.187 e. The van der Waals surface area contributed by atoms with Gasteiger partial charge in [-0.3, -0.25) is 0 Å². The third-order valence-electron chi connectivity index (χ3n) is 28.2. The predicted molar refractivity (Wildman–Crippen MR) is 348 cm³/mol. The summed E-state index contributed by atoms with van der Waals surface area (Å²) in [6, 6.07) is 0. The molecule has 1 spiro atoms. The quantitative estimate of drug-likeness (QED) is 0.0534. The minimum absolute atomic E-state index is 0.0396. The molecule has 8 heterocycles. The van der Waals surface area contributed by atoms with Gasteiger partial charge in [0.25, 0.3) is 0 Å². The van der Waals surface area contributed by atoms with Crippen molar-refractivity contribution in [2.24, 2.45) is 50.2 Å². The van der Waals surface area contributed by atoms with Crippen LogP contribution >= 0.6 is 0 Å². The van der Waals surface area contributed by atoms with Crippen molar-refractivity contribution in [3.8, 4) is 0 Å². The van der Waals surface area contributed by atoms with Crippen LogP contribution in [0.3, 0.4) is 0 Å². The van der Waals surface area contributed by atoms with Crippen molar-refractivity contribution in [2.45, 2.75) is 333 Å². The smallest absolute Gasteiger partial charge is 0.187 e. The second-order valence-corrected chi connectivity index (χ2v) is 34.6. The maximum absolute atomic E-state index is 13.0. The Labute approximate surface area is 612 Å². The van der Waals surface area contributed by atoms with Crippen molar-refractivity contribution < 1.29 is 178 Å². The lowest BCUT2D eigenvalue weighted by atomic mass is 9.30. The van der Waals surface area contributed by atoms with Crippen LogP contribution in [0.1, 0.15) is 113 Å². The Morgan fingerprint density at radius 2 is 0.821 bits per heavy atom. The first kappa shape index (κ1) is 82.5. The summed E-state index contributed by atoms with van der Waals surface area (Å²) in [6.45, 7) is 10.4. The lowest BCUT2D eigenvalue weighted by Crippen LogP contribution is -2.74. The zero-order valence-corrected chi connectivity index (χ0v) is 60.7. The third kappa shape index (κ3) is 13.6. The topological polar surface area (TPSA) is 563 Å². The molecule has 5 saturated carbocycles. The second kappa shape index (κ2) is 31.0. The number of aliphatic hydroxyl groups excluding tert-OH is 21. The first-order chi connectivity index (χ1) is 49.9. The second-order valence-electron chi connectivity index (χ2n) is 34.6. The molecule has 612 valence electrons. The summed E-state index contributed by atoms with van der Waals surface area (Å²) in [5.41, 5.74) is -2.03. The molecular formula is C70H116O36. The largest absolute Gasteiger partial charge is 0.394 e. The predicted octanol–water partition coefficient (Wildman–Crippen LogP) is -7.60. The lowest BCUT2D eigenvalue weighted by molar-refractivity contribution is -0.414. The van der Waals surface area contributed by atoms with Crippen LogP contribution in [-0.2, 0) is 71.1 Å². The summed E-state index contributed by atoms with van der Waals surface area (Å²) < 4.78 is 93.7. The molecule has 0 amide bonds. The van der Waals surface area contributed by atoms with E-state index in [-0.39, 0.29) is 44.8 Å². The highest BCUT2D eigenvalue weighted by Gasteiger charge is 2.80. The summed E-state index contributed by atoms with van der Waals surface area (Å²) in [5, 5.41) is 234. The number of rotatable bonds is 19. The molecule has 0 aromatic carbocycles. The highest BCUT2D eigenvalue weighted by atomic mass is 16.8. The van der Waals surface area contributed by atoms with Gasteiger partial charge in [-0.2, -0.15) is 0 Å². The van der Waals surface area contributed by atoms with E-state index in [1.807, 2.05) is 0 Å². The normalized spacial score (nSPS) is 56.5. The van der Waals surface area contributed by atoms with Crippen molar-refractivity contribution in [3.63, 3.8) is 0 Å². The van der Waals surface area contributed by atoms with Gasteiger partial charge >= 0.3 is 0 Å². The molecule has 0 radical (unpaired) electrons. The van der Waals surface area contributed by atoms with Gasteiger partial charge in [-0.25, -0.2) is 0 Å². The van der Waals surface area contributed by atoms with E-state index < -0.39 is 272 Å². The van der Waals surface area contributed by atoms with E-state index in [0.29, 0.717) is 25.9 Å². The molecule has 0 aromatic heterocycles. The molecule has 13 rings (SSSR count). The summed E-state index contributed by atoms with van der Waals surface area (Å²) >= 11 is 0. The van der Waals surface area contributed by atoms with E-state index in [1.165, 1.54) is 0 Å². The van der Waals surface area contributed by atoms with Gasteiger partial charge in [0.15, 0.2) is 44.0 Å². The SMILES string of the molecule is CC1(C)CC[C@]23CO[C@@]4(CC[C@@H]5[C@@]6(C)CC[C@H](O[C@@H]7OC[C@H](O[C@@H]8O[C@H](CO)[C@@H](O)[C@H](O[C@@H]9O[C@H](CO)[C@@H](O[C@@H]%10O[C@H](CO)[C@@H](O)[C@H](O)[C@H]%10O)[C@H](O[C@@H]%10O[C@H](CO)[C@@H](O)[C@H](O)[C@H]%10O)[C@H]9O)[C@H]8O[C@@H]8OC[C@@H](O)[C@H](O)[C@H]8O)[C@H](O)[C@H]7O[C@@H]7O[C@H](CO)[C@@H](O)[C@H](O)[C@H]7O)C(C)(C)[C@@H]6CC[C@@]5(C)[C@]4(C)C[C@H]2O)[C@@H]3C1. The fourth-order valence-electron chi connectivity index (χ4n) is 21.9. The van der Waals surface area contributed by atoms with E-state index >= 15 is 0 Å². The van der Waals surface area contributed by atoms with Crippen LogP contribution in [-0.4, -0.2) is 381 Å². The van der Waals surface area contributed by atoms with Crippen molar-refractivity contribution in [1.82, 2.24) is 0 Å². The zero-order valence-electron chi connectivity index (χ0n) is 60.7. The average molecular weight is 1530 g/mol. The lowest BCUT2D eigenvalue weighted by Gasteiger charge is -2.75. The summed E-state index contributed by atoms with van der Waals surface area (Å²) in [5.74, 6) is 0.475. The van der Waals surface area contributed by atoms with Gasteiger partial charge in [0.05, 0.1) is 70.7 Å². The number of hydrogen-bond donors (Lipinski definition) is 21. The van der Waals surface area contributed by atoms with E-state index in [2.05, 4.69) is 48.5 Å². The van der Waals surface area contributed by atoms with Crippen molar-refractivity contribution in [1.29, 1.82) is 0 Å². The molecule has 0 aromatic rings. The fourth-order valence-corrected chi connectivity index (χ4v) is 21.9. The molecular weight excluding hydrogens is 1420 g/mol. The van der Waals surface area contributed by atoms with E-state index in [0.717, 1.165) is 44.9 Å². The van der Waals surface area contributed by atoms with E-state index in [4.69, 9.17) is 71.1 Å². The molecule has 106 heavy (non-hydrogen) atoms. The molecule has 21 N–H and O–H groups in total. The molecule has 5 aliphatic carbocycles. The van der Waals surface area contributed by atoms with E-state index in [1.54, 1.807) is 0 Å². The number of fused-ring (bicyclic) bond motifs is 4. The molecule has 2 bridgehead atoms. The molecule has 13 aliphatic rings. The van der Waals surface area contributed by atoms with Gasteiger partial charge in [-0.15, -0.1) is 0 Å². The Kier molecular flexibility index (Phi) is 24.1. The van der Waals surface area contributed by atoms with Crippen LogP contribution in [0.4, 0.5) is 0 Å². The molecule has 0 unspecified atom stereocenters. The van der Waals surface area contributed by atoms with E-state index in [9.17, 15) is 107 Å². The van der Waals surface area contributed by atoms with Crippen LogP contribution in [0.5, 0.6) is 0 Å². The standard InChI is InChI=1S/C70H116O36/c1-64(2)14-15-69-25-94-70(35(69)16-64)13-9-34-66(5)11-10-37(65(3,4)33(66)8-12-67(34,6)68(70,7)17-36(69)77)101-62-55(105-60-50(90)46(86)41(81)29(20-73)97-60)43(83)32(24-93-62)100-63-56(106-57-47(87)38(78)26(76)23-92-57)53(42(82)30(21-74)98-63)103-61-51(91)54(104-59-49(89)45(85)40(80)28(19-72)96-59)52(31(22-75)99-61)102-58-48(88)44(84)39(79)27(18-71)95-58/h26-63,71-91H,8-25H2,1-7H3/t26-,27-,28-,29-,30-,31-,32+,33+,34-,35-,36-,37+,38+,39-,40-,41-,42-,43+,44+,45+,46+,47-,48-,49-,50-,51-,52-,53+,54-,55-,56-,57+,58+,59+,60+,61+,62+,63+,66+,67-,68+,69-,70+/m1/s1. The van der Waals surface area contributed by atoms with Gasteiger partial charge in [0.2, 0.25) is 0 Å². The van der Waals surface area contributed by atoms with Crippen LogP contribution in [0, 0.1) is 50.2 Å². The highest BCUT2D eigenvalue weighted by molar-refractivity contribution is 5.28. The van der Waals surface area contributed by atoms with Crippen molar-refractivity contribution >= 4 is 0 Å². The van der Waals surface area contributed by atoms with Crippen molar-refractivity contribution in [3.05, 3.63) is 0 Å². The Hall–Kier alpha value is -1.44. The number of hydrogen-bond acceptors (Lipinski definition) is 36. The summed E-state index contributed by atoms with van der Waals surface area (Å²) in [7, 11) is 0. The minimum atomic E-state index is -2.40. The Morgan fingerprint density at radius 3 is 1.39 bits per heavy atom. The molecule has 13 fully saturated rings. The summed E-state index contributed by atoms with van der Waals surface area (Å²) in [6.07, 6.45) is -57.9. The number of ether oxygens (including phenoxy) is 15. The van der Waals surface area contributed by atoms with Crippen molar-refractivity contribution in [2.75, 3.05) is 52.9 Å². The maximum atomic E-state index is 13.0. The summed E-state index contributed by atoms with van der Waals surface area (Å²) in [4.78, 5) is 0. The third-order valence-corrected chi connectivity index (χ3v) is 28.2. The Bertz CT molecular complexity index is 2940. The molecule has 43 atom stereocenters. The Balaban J connectivity index is 0.792. The van der Waals surface area contributed by atoms with Gasteiger partial charge in [0, 0.05) is 10.8 Å². The molecule has 8 saturated heterocycles.